The van der Waals surface area contributed by atoms with E-state index in [1.54, 1.807) is 6.07 Å². The first-order valence-corrected chi connectivity index (χ1v) is 7.73. The van der Waals surface area contributed by atoms with Gasteiger partial charge in [0.2, 0.25) is 0 Å². The van der Waals surface area contributed by atoms with Crippen molar-refractivity contribution in [1.82, 2.24) is 19.8 Å². The van der Waals surface area contributed by atoms with E-state index in [9.17, 15) is 0 Å². The molecule has 1 aliphatic rings. The maximum absolute atomic E-state index is 6.02. The van der Waals surface area contributed by atoms with E-state index in [4.69, 9.17) is 11.6 Å². The van der Waals surface area contributed by atoms with Crippen LogP contribution in [0, 0.1) is 0 Å². The molecular formula is C14H24ClN5. The van der Waals surface area contributed by atoms with Gasteiger partial charge in [-0.1, -0.05) is 18.5 Å². The third-order valence-corrected chi connectivity index (χ3v) is 3.74. The second-order valence-electron chi connectivity index (χ2n) is 5.31. The SMILES string of the molecule is CCCc1nc(Cl)cc(NCCN2CCN(C)CC2)n1. The van der Waals surface area contributed by atoms with Crippen LogP contribution < -0.4 is 5.32 Å². The summed E-state index contributed by atoms with van der Waals surface area (Å²) in [5.41, 5.74) is 0. The van der Waals surface area contributed by atoms with Crippen LogP contribution in [0.5, 0.6) is 0 Å². The minimum absolute atomic E-state index is 0.519. The number of rotatable bonds is 6. The Morgan fingerprint density at radius 1 is 1.25 bits per heavy atom. The Kier molecular flexibility index (Phi) is 6.01. The number of piperazine rings is 1. The molecule has 1 aromatic rings. The second kappa shape index (κ2) is 7.76. The van der Waals surface area contributed by atoms with Crippen LogP contribution in [0.2, 0.25) is 5.15 Å². The highest BCUT2D eigenvalue weighted by atomic mass is 35.5. The second-order valence-corrected chi connectivity index (χ2v) is 5.70. The molecule has 20 heavy (non-hydrogen) atoms. The van der Waals surface area contributed by atoms with Crippen molar-refractivity contribution in [2.45, 2.75) is 19.8 Å². The predicted molar refractivity (Wildman–Crippen MR) is 83.5 cm³/mol. The highest BCUT2D eigenvalue weighted by Gasteiger charge is 2.12. The third kappa shape index (κ3) is 4.89. The van der Waals surface area contributed by atoms with Gasteiger partial charge in [0.05, 0.1) is 0 Å². The summed E-state index contributed by atoms with van der Waals surface area (Å²) in [6.07, 6.45) is 1.90. The lowest BCUT2D eigenvalue weighted by atomic mass is 10.3. The molecule has 0 unspecified atom stereocenters. The maximum atomic E-state index is 6.02. The average Bonchev–Trinajstić information content (AvgIpc) is 2.41. The minimum atomic E-state index is 0.519. The summed E-state index contributed by atoms with van der Waals surface area (Å²) in [4.78, 5) is 13.6. The summed E-state index contributed by atoms with van der Waals surface area (Å²) in [7, 11) is 2.17. The van der Waals surface area contributed by atoms with Gasteiger partial charge in [-0.25, -0.2) is 9.97 Å². The summed E-state index contributed by atoms with van der Waals surface area (Å²) >= 11 is 6.02. The molecule has 1 aliphatic heterocycles. The summed E-state index contributed by atoms with van der Waals surface area (Å²) < 4.78 is 0. The Hall–Kier alpha value is -0.910. The molecular weight excluding hydrogens is 274 g/mol. The number of likely N-dealkylation sites (N-methyl/N-ethyl adjacent to an activating group) is 1. The van der Waals surface area contributed by atoms with Crippen LogP contribution in [0.4, 0.5) is 5.82 Å². The van der Waals surface area contributed by atoms with Gasteiger partial charge in [0, 0.05) is 51.8 Å². The highest BCUT2D eigenvalue weighted by molar-refractivity contribution is 6.29. The molecule has 2 rings (SSSR count). The Morgan fingerprint density at radius 3 is 2.70 bits per heavy atom. The molecule has 6 heteroatoms. The number of nitrogens with one attached hydrogen (secondary N) is 1. The quantitative estimate of drug-likeness (QED) is 0.810. The summed E-state index contributed by atoms with van der Waals surface area (Å²) in [6.45, 7) is 8.64. The van der Waals surface area contributed by atoms with Crippen LogP contribution >= 0.6 is 11.6 Å². The standard InChI is InChI=1S/C14H24ClN5/c1-3-4-13-17-12(15)11-14(18-13)16-5-6-20-9-7-19(2)8-10-20/h11H,3-10H2,1-2H3,(H,16,17,18). The van der Waals surface area contributed by atoms with E-state index in [0.29, 0.717) is 5.15 Å². The van der Waals surface area contributed by atoms with Crippen molar-refractivity contribution >= 4 is 17.4 Å². The van der Waals surface area contributed by atoms with Gasteiger partial charge in [0.1, 0.15) is 16.8 Å². The van der Waals surface area contributed by atoms with Gasteiger partial charge in [-0.3, -0.25) is 4.90 Å². The van der Waals surface area contributed by atoms with Crippen molar-refractivity contribution in [3.63, 3.8) is 0 Å². The molecule has 1 N–H and O–H groups in total. The number of hydrogen-bond donors (Lipinski definition) is 1. The van der Waals surface area contributed by atoms with Crippen LogP contribution in [0.3, 0.4) is 0 Å². The molecule has 1 fully saturated rings. The van der Waals surface area contributed by atoms with E-state index in [2.05, 4.69) is 39.1 Å². The predicted octanol–water partition coefficient (Wildman–Crippen LogP) is 1.74. The van der Waals surface area contributed by atoms with Gasteiger partial charge in [0.15, 0.2) is 0 Å². The normalized spacial score (nSPS) is 17.4. The molecule has 0 saturated carbocycles. The van der Waals surface area contributed by atoms with Crippen LogP contribution in [-0.2, 0) is 6.42 Å². The molecule has 5 nitrogen and oxygen atoms in total. The highest BCUT2D eigenvalue weighted by Crippen LogP contribution is 2.12. The van der Waals surface area contributed by atoms with E-state index >= 15 is 0 Å². The van der Waals surface area contributed by atoms with E-state index in [1.807, 2.05) is 0 Å². The number of aryl methyl sites for hydroxylation is 1. The molecule has 0 atom stereocenters. The van der Waals surface area contributed by atoms with Crippen molar-refractivity contribution in [2.24, 2.45) is 0 Å². The van der Waals surface area contributed by atoms with Crippen molar-refractivity contribution in [3.05, 3.63) is 17.0 Å². The molecule has 1 aromatic heterocycles. The average molecular weight is 298 g/mol. The zero-order valence-electron chi connectivity index (χ0n) is 12.4. The molecule has 2 heterocycles. The Morgan fingerprint density at radius 2 is 2.00 bits per heavy atom. The Labute approximate surface area is 126 Å². The minimum Gasteiger partial charge on any atom is -0.369 e. The third-order valence-electron chi connectivity index (χ3n) is 3.54. The first-order valence-electron chi connectivity index (χ1n) is 7.35. The Bertz CT molecular complexity index is 418. The largest absolute Gasteiger partial charge is 0.369 e. The van der Waals surface area contributed by atoms with Gasteiger partial charge >= 0.3 is 0 Å². The zero-order chi connectivity index (χ0) is 14.4. The fraction of sp³-hybridized carbons (Fsp3) is 0.714. The van der Waals surface area contributed by atoms with E-state index in [1.165, 1.54) is 0 Å². The molecule has 0 bridgehead atoms. The smallest absolute Gasteiger partial charge is 0.134 e. The summed E-state index contributed by atoms with van der Waals surface area (Å²) in [6, 6.07) is 1.80. The van der Waals surface area contributed by atoms with Crippen molar-refractivity contribution in [1.29, 1.82) is 0 Å². The monoisotopic (exact) mass is 297 g/mol. The number of nitrogens with zero attached hydrogens (tertiary/aromatic N) is 4. The molecule has 0 spiro atoms. The van der Waals surface area contributed by atoms with Crippen LogP contribution in [0.25, 0.3) is 0 Å². The van der Waals surface area contributed by atoms with Gasteiger partial charge in [-0.15, -0.1) is 0 Å². The van der Waals surface area contributed by atoms with E-state index < -0.39 is 0 Å². The van der Waals surface area contributed by atoms with Crippen LogP contribution in [0.1, 0.15) is 19.2 Å². The number of anilines is 1. The van der Waals surface area contributed by atoms with Gasteiger partial charge in [-0.05, 0) is 13.5 Å². The molecule has 0 amide bonds. The van der Waals surface area contributed by atoms with Crippen LogP contribution in [-0.4, -0.2) is 66.1 Å². The van der Waals surface area contributed by atoms with E-state index in [0.717, 1.165) is 63.8 Å². The van der Waals surface area contributed by atoms with Crippen molar-refractivity contribution in [2.75, 3.05) is 51.6 Å². The first-order chi connectivity index (χ1) is 9.67. The number of hydrogen-bond acceptors (Lipinski definition) is 5. The van der Waals surface area contributed by atoms with Crippen LogP contribution in [0.15, 0.2) is 6.07 Å². The van der Waals surface area contributed by atoms with Gasteiger partial charge < -0.3 is 10.2 Å². The molecule has 112 valence electrons. The first kappa shape index (κ1) is 15.5. The molecule has 0 radical (unpaired) electrons. The van der Waals surface area contributed by atoms with Crippen molar-refractivity contribution in [3.8, 4) is 0 Å². The van der Waals surface area contributed by atoms with Gasteiger partial charge in [-0.2, -0.15) is 0 Å². The lowest BCUT2D eigenvalue weighted by molar-refractivity contribution is 0.158. The van der Waals surface area contributed by atoms with E-state index in [-0.39, 0.29) is 0 Å². The summed E-state index contributed by atoms with van der Waals surface area (Å²) in [5, 5.41) is 3.87. The fourth-order valence-corrected chi connectivity index (χ4v) is 2.51. The molecule has 1 saturated heterocycles. The van der Waals surface area contributed by atoms with Gasteiger partial charge in [0.25, 0.3) is 0 Å². The molecule has 0 aromatic carbocycles. The Balaban J connectivity index is 1.78. The lowest BCUT2D eigenvalue weighted by Gasteiger charge is -2.32. The zero-order valence-corrected chi connectivity index (χ0v) is 13.2. The number of aromatic nitrogens is 2. The number of halogens is 1. The maximum Gasteiger partial charge on any atom is 0.134 e. The topological polar surface area (TPSA) is 44.3 Å². The van der Waals surface area contributed by atoms with Crippen molar-refractivity contribution < 1.29 is 0 Å². The molecule has 0 aliphatic carbocycles. The summed E-state index contributed by atoms with van der Waals surface area (Å²) in [5.74, 6) is 1.66. The fourth-order valence-electron chi connectivity index (χ4n) is 2.30. The lowest BCUT2D eigenvalue weighted by Crippen LogP contribution is -2.45.